The molecule has 0 saturated carbocycles. The third-order valence-electron chi connectivity index (χ3n) is 4.08. The van der Waals surface area contributed by atoms with Gasteiger partial charge >= 0.3 is 0 Å². The molecule has 3 heterocycles. The number of hydrogen-bond acceptors (Lipinski definition) is 4. The van der Waals surface area contributed by atoms with Crippen LogP contribution in [0.1, 0.15) is 24.8 Å². The van der Waals surface area contributed by atoms with Crippen LogP contribution in [0.4, 0.5) is 0 Å². The molecule has 0 amide bonds. The number of aryl methyl sites for hydroxylation is 1. The van der Waals surface area contributed by atoms with Crippen LogP contribution in [0, 0.1) is 0 Å². The highest BCUT2D eigenvalue weighted by molar-refractivity contribution is 5.80. The lowest BCUT2D eigenvalue weighted by molar-refractivity contribution is 0.483. The summed E-state index contributed by atoms with van der Waals surface area (Å²) in [5.74, 6) is 1.52. The van der Waals surface area contributed by atoms with E-state index in [1.54, 1.807) is 17.3 Å². The van der Waals surface area contributed by atoms with E-state index in [0.29, 0.717) is 12.5 Å². The van der Waals surface area contributed by atoms with Gasteiger partial charge in [0.25, 0.3) is 0 Å². The smallest absolute Gasteiger partial charge is 0.193 e. The summed E-state index contributed by atoms with van der Waals surface area (Å²) in [7, 11) is 1.96. The molecule has 0 radical (unpaired) electrons. The summed E-state index contributed by atoms with van der Waals surface area (Å²) in [5, 5.41) is 11.8. The largest absolute Gasteiger partial charge is 0.357 e. The lowest BCUT2D eigenvalue weighted by Gasteiger charge is -2.21. The molecule has 8 heteroatoms. The molecule has 1 atom stereocenters. The fourth-order valence-electron chi connectivity index (χ4n) is 2.91. The molecule has 2 aromatic rings. The van der Waals surface area contributed by atoms with E-state index in [2.05, 4.69) is 38.5 Å². The van der Waals surface area contributed by atoms with Crippen molar-refractivity contribution in [3.8, 4) is 0 Å². The summed E-state index contributed by atoms with van der Waals surface area (Å²) in [6, 6.07) is 0. The van der Waals surface area contributed by atoms with Gasteiger partial charge in [-0.15, -0.1) is 0 Å². The van der Waals surface area contributed by atoms with Gasteiger partial charge in [-0.05, 0) is 18.9 Å². The lowest BCUT2D eigenvalue weighted by Crippen LogP contribution is -2.40. The quantitative estimate of drug-likeness (QED) is 0.641. The zero-order valence-electron chi connectivity index (χ0n) is 13.8. The molecular formula is C15H24N8. The van der Waals surface area contributed by atoms with Crippen molar-refractivity contribution in [2.45, 2.75) is 25.8 Å². The number of nitrogens with one attached hydrogen (secondary N) is 1. The van der Waals surface area contributed by atoms with Gasteiger partial charge in [0.2, 0.25) is 0 Å². The SMILES string of the molecule is CCNC(=NCCn1cncn1)N1CCC(c2cnn(C)c2)C1. The first kappa shape index (κ1) is 15.5. The van der Waals surface area contributed by atoms with Crippen molar-refractivity contribution >= 4 is 5.96 Å². The van der Waals surface area contributed by atoms with Gasteiger partial charge in [0, 0.05) is 38.8 Å². The van der Waals surface area contributed by atoms with Crippen LogP contribution < -0.4 is 5.32 Å². The summed E-state index contributed by atoms with van der Waals surface area (Å²) in [6.07, 6.45) is 8.50. The zero-order chi connectivity index (χ0) is 16.1. The topological polar surface area (TPSA) is 76.2 Å². The van der Waals surface area contributed by atoms with E-state index in [4.69, 9.17) is 4.99 Å². The lowest BCUT2D eigenvalue weighted by atomic mass is 10.0. The van der Waals surface area contributed by atoms with Crippen molar-refractivity contribution < 1.29 is 0 Å². The van der Waals surface area contributed by atoms with Gasteiger partial charge in [-0.1, -0.05) is 0 Å². The highest BCUT2D eigenvalue weighted by atomic mass is 15.3. The van der Waals surface area contributed by atoms with Crippen molar-refractivity contribution in [2.75, 3.05) is 26.2 Å². The predicted molar refractivity (Wildman–Crippen MR) is 88.1 cm³/mol. The molecule has 23 heavy (non-hydrogen) atoms. The van der Waals surface area contributed by atoms with E-state index in [-0.39, 0.29) is 0 Å². The summed E-state index contributed by atoms with van der Waals surface area (Å²) in [5.41, 5.74) is 1.31. The molecule has 0 aromatic carbocycles. The second kappa shape index (κ2) is 7.26. The molecule has 124 valence electrons. The second-order valence-corrected chi connectivity index (χ2v) is 5.77. The predicted octanol–water partition coefficient (Wildman–Crippen LogP) is 0.467. The van der Waals surface area contributed by atoms with Crippen molar-refractivity contribution in [3.63, 3.8) is 0 Å². The van der Waals surface area contributed by atoms with E-state index >= 15 is 0 Å². The van der Waals surface area contributed by atoms with Gasteiger partial charge in [0.15, 0.2) is 5.96 Å². The Hall–Kier alpha value is -2.38. The highest BCUT2D eigenvalue weighted by Crippen LogP contribution is 2.26. The minimum atomic E-state index is 0.530. The van der Waals surface area contributed by atoms with Crippen molar-refractivity contribution in [3.05, 3.63) is 30.6 Å². The van der Waals surface area contributed by atoms with Crippen molar-refractivity contribution in [1.29, 1.82) is 0 Å². The van der Waals surface area contributed by atoms with E-state index in [1.165, 1.54) is 5.56 Å². The second-order valence-electron chi connectivity index (χ2n) is 5.77. The molecule has 1 saturated heterocycles. The molecule has 0 bridgehead atoms. The summed E-state index contributed by atoms with van der Waals surface area (Å²) in [4.78, 5) is 11.0. The van der Waals surface area contributed by atoms with Crippen LogP contribution in [-0.4, -0.2) is 61.6 Å². The Bertz CT molecular complexity index is 630. The van der Waals surface area contributed by atoms with E-state index in [9.17, 15) is 0 Å². The van der Waals surface area contributed by atoms with Crippen LogP contribution in [0.5, 0.6) is 0 Å². The molecule has 1 unspecified atom stereocenters. The van der Waals surface area contributed by atoms with Crippen LogP contribution in [-0.2, 0) is 13.6 Å². The fourth-order valence-corrected chi connectivity index (χ4v) is 2.91. The number of aromatic nitrogens is 5. The van der Waals surface area contributed by atoms with Crippen molar-refractivity contribution in [2.24, 2.45) is 12.0 Å². The molecular weight excluding hydrogens is 292 g/mol. The zero-order valence-corrected chi connectivity index (χ0v) is 13.8. The van der Waals surface area contributed by atoms with Gasteiger partial charge < -0.3 is 10.2 Å². The van der Waals surface area contributed by atoms with Crippen LogP contribution in [0.2, 0.25) is 0 Å². The monoisotopic (exact) mass is 316 g/mol. The Morgan fingerprint density at radius 2 is 2.35 bits per heavy atom. The number of nitrogens with zero attached hydrogens (tertiary/aromatic N) is 7. The standard InChI is InChI=1S/C15H24N8/c1-3-17-15(18-5-7-23-12-16-11-20-23)22-6-4-13(10-22)14-8-19-21(2)9-14/h8-9,11-13H,3-7,10H2,1-2H3,(H,17,18). The van der Waals surface area contributed by atoms with Crippen molar-refractivity contribution in [1.82, 2.24) is 34.8 Å². The maximum Gasteiger partial charge on any atom is 0.193 e. The molecule has 0 spiro atoms. The van der Waals surface area contributed by atoms with Crippen LogP contribution >= 0.6 is 0 Å². The van der Waals surface area contributed by atoms with Gasteiger partial charge in [-0.25, -0.2) is 4.98 Å². The molecule has 0 aliphatic carbocycles. The third-order valence-corrected chi connectivity index (χ3v) is 4.08. The minimum Gasteiger partial charge on any atom is -0.357 e. The van der Waals surface area contributed by atoms with E-state index in [0.717, 1.165) is 38.6 Å². The summed E-state index contributed by atoms with van der Waals surface area (Å²) < 4.78 is 3.67. The average molecular weight is 316 g/mol. The average Bonchev–Trinajstić information content (AvgIpc) is 3.27. The van der Waals surface area contributed by atoms with Gasteiger partial charge in [0.1, 0.15) is 12.7 Å². The number of hydrogen-bond donors (Lipinski definition) is 1. The molecule has 1 fully saturated rings. The minimum absolute atomic E-state index is 0.530. The van der Waals surface area contributed by atoms with Crippen LogP contribution in [0.3, 0.4) is 0 Å². The molecule has 1 aliphatic rings. The van der Waals surface area contributed by atoms with Crippen LogP contribution in [0.15, 0.2) is 30.0 Å². The third kappa shape index (κ3) is 3.88. The van der Waals surface area contributed by atoms with E-state index in [1.807, 2.05) is 17.9 Å². The first-order valence-electron chi connectivity index (χ1n) is 8.10. The van der Waals surface area contributed by atoms with E-state index < -0.39 is 0 Å². The maximum atomic E-state index is 4.73. The Balaban J connectivity index is 1.59. The van der Waals surface area contributed by atoms with Gasteiger partial charge in [0.05, 0.1) is 19.3 Å². The molecule has 1 aliphatic heterocycles. The maximum absolute atomic E-state index is 4.73. The van der Waals surface area contributed by atoms with Gasteiger partial charge in [-0.2, -0.15) is 10.2 Å². The normalized spacial score (nSPS) is 18.6. The summed E-state index contributed by atoms with van der Waals surface area (Å²) >= 11 is 0. The number of rotatable bonds is 5. The summed E-state index contributed by atoms with van der Waals surface area (Å²) in [6.45, 7) is 6.42. The Kier molecular flexibility index (Phi) is 4.89. The molecule has 2 aromatic heterocycles. The fraction of sp³-hybridized carbons (Fsp3) is 0.600. The Morgan fingerprint density at radius 1 is 1.43 bits per heavy atom. The first-order chi connectivity index (χ1) is 11.3. The molecule has 3 rings (SSSR count). The first-order valence-corrected chi connectivity index (χ1v) is 8.10. The Morgan fingerprint density at radius 3 is 3.04 bits per heavy atom. The number of guanidine groups is 1. The number of likely N-dealkylation sites (tertiary alicyclic amines) is 1. The Labute approximate surface area is 136 Å². The molecule has 8 nitrogen and oxygen atoms in total. The highest BCUT2D eigenvalue weighted by Gasteiger charge is 2.26. The van der Waals surface area contributed by atoms with Crippen LogP contribution in [0.25, 0.3) is 0 Å². The number of aliphatic imine (C=N–C) groups is 1. The van der Waals surface area contributed by atoms with Gasteiger partial charge in [-0.3, -0.25) is 14.4 Å². The molecule has 1 N–H and O–H groups in total.